The van der Waals surface area contributed by atoms with Gasteiger partial charge >= 0.3 is 5.97 Å². The highest BCUT2D eigenvalue weighted by Crippen LogP contribution is 2.15. The third kappa shape index (κ3) is 5.39. The zero-order chi connectivity index (χ0) is 15.8. The minimum Gasteiger partial charge on any atom is -0.478 e. The van der Waals surface area contributed by atoms with Crippen molar-refractivity contribution in [3.8, 4) is 0 Å². The molecule has 0 bridgehead atoms. The summed E-state index contributed by atoms with van der Waals surface area (Å²) in [6, 6.07) is 5.22. The Morgan fingerprint density at radius 1 is 1.43 bits per heavy atom. The van der Waals surface area contributed by atoms with Crippen LogP contribution in [0.5, 0.6) is 0 Å². The highest BCUT2D eigenvalue weighted by Gasteiger charge is 2.11. The van der Waals surface area contributed by atoms with Crippen molar-refractivity contribution < 1.29 is 19.4 Å². The van der Waals surface area contributed by atoms with E-state index < -0.39 is 5.97 Å². The molecule has 0 saturated carbocycles. The average Bonchev–Trinajstić information content (AvgIpc) is 2.44. The van der Waals surface area contributed by atoms with Crippen LogP contribution in [0.1, 0.15) is 35.3 Å². The van der Waals surface area contributed by atoms with Crippen molar-refractivity contribution in [1.82, 2.24) is 5.32 Å². The second kappa shape index (κ2) is 8.21. The van der Waals surface area contributed by atoms with Crippen molar-refractivity contribution in [1.29, 1.82) is 0 Å². The number of ether oxygens (including phenoxy) is 1. The lowest BCUT2D eigenvalue weighted by Crippen LogP contribution is -2.32. The van der Waals surface area contributed by atoms with Gasteiger partial charge in [-0.3, -0.25) is 4.79 Å². The molecule has 1 unspecified atom stereocenters. The van der Waals surface area contributed by atoms with Crippen molar-refractivity contribution in [2.75, 3.05) is 13.2 Å². The summed E-state index contributed by atoms with van der Waals surface area (Å²) in [6.45, 7) is 6.62. The molecule has 1 aromatic carbocycles. The minimum absolute atomic E-state index is 0.0469. The number of carboxylic acid groups (broad SMARTS) is 1. The number of carbonyl (C=O) groups excluding carboxylic acids is 1. The Hall–Kier alpha value is -2.14. The van der Waals surface area contributed by atoms with E-state index in [0.717, 1.165) is 11.6 Å². The number of carboxylic acids is 1. The molecule has 0 aliphatic heterocycles. The van der Waals surface area contributed by atoms with Gasteiger partial charge in [0.1, 0.15) is 0 Å². The molecular formula is C16H21NO4. The average molecular weight is 291 g/mol. The number of hydrogen-bond acceptors (Lipinski definition) is 3. The molecule has 114 valence electrons. The SMILES string of the molecule is CCOC(C)CNC(=O)c1cccc(/C=C/C(=O)O)c1C. The van der Waals surface area contributed by atoms with E-state index in [4.69, 9.17) is 9.84 Å². The molecular weight excluding hydrogens is 270 g/mol. The lowest BCUT2D eigenvalue weighted by Gasteiger charge is -2.14. The van der Waals surface area contributed by atoms with Gasteiger partial charge in [0.05, 0.1) is 6.10 Å². The largest absolute Gasteiger partial charge is 0.478 e. The molecule has 0 aromatic heterocycles. The second-order valence-electron chi connectivity index (χ2n) is 4.67. The van der Waals surface area contributed by atoms with Crippen LogP contribution in [0.15, 0.2) is 24.3 Å². The maximum Gasteiger partial charge on any atom is 0.328 e. The normalized spacial score (nSPS) is 12.3. The van der Waals surface area contributed by atoms with Crippen molar-refractivity contribution in [3.63, 3.8) is 0 Å². The van der Waals surface area contributed by atoms with Gasteiger partial charge in [-0.1, -0.05) is 12.1 Å². The van der Waals surface area contributed by atoms with E-state index in [0.29, 0.717) is 24.3 Å². The van der Waals surface area contributed by atoms with Crippen LogP contribution in [0.3, 0.4) is 0 Å². The fourth-order valence-electron chi connectivity index (χ4n) is 1.92. The molecule has 0 heterocycles. The van der Waals surface area contributed by atoms with Gasteiger partial charge in [0.15, 0.2) is 0 Å². The number of rotatable bonds is 7. The van der Waals surface area contributed by atoms with E-state index in [1.807, 2.05) is 13.8 Å². The number of carbonyl (C=O) groups is 2. The van der Waals surface area contributed by atoms with Gasteiger partial charge in [-0.2, -0.15) is 0 Å². The van der Waals surface area contributed by atoms with Crippen LogP contribution in [0.25, 0.3) is 6.08 Å². The lowest BCUT2D eigenvalue weighted by molar-refractivity contribution is -0.131. The maximum absolute atomic E-state index is 12.2. The summed E-state index contributed by atoms with van der Waals surface area (Å²) in [4.78, 5) is 22.7. The molecule has 0 spiro atoms. The standard InChI is InChI=1S/C16H21NO4/c1-4-21-11(2)10-17-16(20)14-7-5-6-13(12(14)3)8-9-15(18)19/h5-9,11H,4,10H2,1-3H3,(H,17,20)(H,18,19)/b9-8+. The fourth-order valence-corrected chi connectivity index (χ4v) is 1.92. The molecule has 0 aliphatic rings. The van der Waals surface area contributed by atoms with Crippen molar-refractivity contribution in [2.24, 2.45) is 0 Å². The zero-order valence-electron chi connectivity index (χ0n) is 12.6. The van der Waals surface area contributed by atoms with Gasteiger partial charge in [-0.15, -0.1) is 0 Å². The van der Waals surface area contributed by atoms with E-state index in [1.54, 1.807) is 25.1 Å². The van der Waals surface area contributed by atoms with Crippen LogP contribution < -0.4 is 5.32 Å². The van der Waals surface area contributed by atoms with Gasteiger partial charge in [-0.05, 0) is 44.0 Å². The molecule has 5 heteroatoms. The summed E-state index contributed by atoms with van der Waals surface area (Å²) in [5, 5.41) is 11.5. The predicted octanol–water partition coefficient (Wildman–Crippen LogP) is 2.25. The smallest absolute Gasteiger partial charge is 0.328 e. The summed E-state index contributed by atoms with van der Waals surface area (Å²) < 4.78 is 5.36. The monoisotopic (exact) mass is 291 g/mol. The lowest BCUT2D eigenvalue weighted by atomic mass is 10.0. The Morgan fingerprint density at radius 2 is 2.14 bits per heavy atom. The first-order valence-corrected chi connectivity index (χ1v) is 6.86. The zero-order valence-corrected chi connectivity index (χ0v) is 12.6. The van der Waals surface area contributed by atoms with Gasteiger partial charge < -0.3 is 15.2 Å². The molecule has 1 aromatic rings. The summed E-state index contributed by atoms with van der Waals surface area (Å²) in [5.74, 6) is -1.21. The number of amides is 1. The van der Waals surface area contributed by atoms with Gasteiger partial charge in [0.25, 0.3) is 5.91 Å². The number of benzene rings is 1. The van der Waals surface area contributed by atoms with E-state index in [1.165, 1.54) is 6.08 Å². The third-order valence-corrected chi connectivity index (χ3v) is 3.03. The first-order valence-electron chi connectivity index (χ1n) is 6.86. The molecule has 0 aliphatic carbocycles. The maximum atomic E-state index is 12.2. The molecule has 0 saturated heterocycles. The number of nitrogens with one attached hydrogen (secondary N) is 1. The number of hydrogen-bond donors (Lipinski definition) is 2. The third-order valence-electron chi connectivity index (χ3n) is 3.03. The summed E-state index contributed by atoms with van der Waals surface area (Å²) in [7, 11) is 0. The Kier molecular flexibility index (Phi) is 6.62. The van der Waals surface area contributed by atoms with Gasteiger partial charge in [0, 0.05) is 24.8 Å². The minimum atomic E-state index is -1.02. The van der Waals surface area contributed by atoms with E-state index in [9.17, 15) is 9.59 Å². The van der Waals surface area contributed by atoms with Crippen molar-refractivity contribution >= 4 is 18.0 Å². The van der Waals surface area contributed by atoms with Crippen LogP contribution in [0.4, 0.5) is 0 Å². The predicted molar refractivity (Wildman–Crippen MR) is 81.3 cm³/mol. The van der Waals surface area contributed by atoms with Gasteiger partial charge in [-0.25, -0.2) is 4.79 Å². The Morgan fingerprint density at radius 3 is 2.76 bits per heavy atom. The molecule has 21 heavy (non-hydrogen) atoms. The fraction of sp³-hybridized carbons (Fsp3) is 0.375. The second-order valence-corrected chi connectivity index (χ2v) is 4.67. The first-order chi connectivity index (χ1) is 9.95. The Balaban J connectivity index is 2.81. The first kappa shape index (κ1) is 16.9. The summed E-state index contributed by atoms with van der Waals surface area (Å²) in [5.41, 5.74) is 1.99. The quantitative estimate of drug-likeness (QED) is 0.755. The van der Waals surface area contributed by atoms with Crippen LogP contribution in [0.2, 0.25) is 0 Å². The number of aliphatic carboxylic acids is 1. The van der Waals surface area contributed by atoms with E-state index in [2.05, 4.69) is 5.32 Å². The summed E-state index contributed by atoms with van der Waals surface area (Å²) in [6.07, 6.45) is 2.49. The Bertz CT molecular complexity index is 537. The van der Waals surface area contributed by atoms with Crippen molar-refractivity contribution in [3.05, 3.63) is 41.0 Å². The molecule has 1 amide bonds. The molecule has 5 nitrogen and oxygen atoms in total. The summed E-state index contributed by atoms with van der Waals surface area (Å²) >= 11 is 0. The molecule has 0 radical (unpaired) electrons. The van der Waals surface area contributed by atoms with Crippen LogP contribution in [0, 0.1) is 6.92 Å². The van der Waals surface area contributed by atoms with E-state index in [-0.39, 0.29) is 12.0 Å². The van der Waals surface area contributed by atoms with E-state index >= 15 is 0 Å². The molecule has 1 rings (SSSR count). The van der Waals surface area contributed by atoms with Crippen molar-refractivity contribution in [2.45, 2.75) is 26.9 Å². The van der Waals surface area contributed by atoms with Crippen LogP contribution in [-0.2, 0) is 9.53 Å². The highest BCUT2D eigenvalue weighted by atomic mass is 16.5. The highest BCUT2D eigenvalue weighted by molar-refractivity contribution is 5.97. The topological polar surface area (TPSA) is 75.6 Å². The van der Waals surface area contributed by atoms with Crippen LogP contribution in [-0.4, -0.2) is 36.2 Å². The van der Waals surface area contributed by atoms with Crippen LogP contribution >= 0.6 is 0 Å². The molecule has 2 N–H and O–H groups in total. The molecule has 0 fully saturated rings. The van der Waals surface area contributed by atoms with Gasteiger partial charge in [0.2, 0.25) is 0 Å². The Labute approximate surface area is 124 Å². The molecule has 1 atom stereocenters.